The lowest BCUT2D eigenvalue weighted by molar-refractivity contribution is -0.137. The van der Waals surface area contributed by atoms with Crippen LogP contribution in [0.1, 0.15) is 50.5 Å². The third kappa shape index (κ3) is 7.81. The van der Waals surface area contributed by atoms with E-state index in [9.17, 15) is 19.5 Å². The Labute approximate surface area is 171 Å². The van der Waals surface area contributed by atoms with Crippen LogP contribution in [-0.2, 0) is 11.2 Å². The van der Waals surface area contributed by atoms with Crippen LogP contribution in [0.3, 0.4) is 0 Å². The molecule has 1 aliphatic rings. The van der Waals surface area contributed by atoms with Gasteiger partial charge in [-0.15, -0.1) is 0 Å². The summed E-state index contributed by atoms with van der Waals surface area (Å²) in [5.41, 5.74) is 1.30. The lowest BCUT2D eigenvalue weighted by Crippen LogP contribution is -2.14. The summed E-state index contributed by atoms with van der Waals surface area (Å²) in [7, 11) is 0. The smallest absolute Gasteiger partial charge is 0.303 e. The van der Waals surface area contributed by atoms with E-state index in [1.54, 1.807) is 24.3 Å². The predicted molar refractivity (Wildman–Crippen MR) is 111 cm³/mol. The van der Waals surface area contributed by atoms with E-state index in [0.717, 1.165) is 19.3 Å². The van der Waals surface area contributed by atoms with Crippen molar-refractivity contribution in [2.75, 3.05) is 0 Å². The highest BCUT2D eigenvalue weighted by Crippen LogP contribution is 2.34. The lowest BCUT2D eigenvalue weighted by atomic mass is 9.90. The SMILES string of the molecule is O=C(O)CCC/C=C\C[C@H]1CC/C(=N/O)C1/C=C/[C@@H](O)CCc1ccccc1F. The van der Waals surface area contributed by atoms with Crippen LogP contribution >= 0.6 is 0 Å². The van der Waals surface area contributed by atoms with Crippen LogP contribution in [0.4, 0.5) is 4.39 Å². The molecule has 0 saturated heterocycles. The average Bonchev–Trinajstić information content (AvgIpc) is 3.10. The van der Waals surface area contributed by atoms with Crippen LogP contribution in [0.2, 0.25) is 0 Å². The molecule has 1 fully saturated rings. The molecular formula is C23H30FNO4. The van der Waals surface area contributed by atoms with Crippen molar-refractivity contribution in [3.63, 3.8) is 0 Å². The number of aliphatic carboxylic acids is 1. The molecule has 0 amide bonds. The number of hydrogen-bond donors (Lipinski definition) is 3. The number of carbonyl (C=O) groups is 1. The first-order chi connectivity index (χ1) is 14.0. The normalized spacial score (nSPS) is 22.1. The van der Waals surface area contributed by atoms with E-state index in [4.69, 9.17) is 5.11 Å². The van der Waals surface area contributed by atoms with Crippen molar-refractivity contribution < 1.29 is 24.6 Å². The maximum Gasteiger partial charge on any atom is 0.303 e. The van der Waals surface area contributed by atoms with Gasteiger partial charge in [0.05, 0.1) is 11.8 Å². The van der Waals surface area contributed by atoms with Gasteiger partial charge in [0.1, 0.15) is 5.82 Å². The first-order valence-corrected chi connectivity index (χ1v) is 10.2. The van der Waals surface area contributed by atoms with E-state index < -0.39 is 12.1 Å². The van der Waals surface area contributed by atoms with E-state index in [1.165, 1.54) is 6.07 Å². The summed E-state index contributed by atoms with van der Waals surface area (Å²) in [6.07, 6.45) is 11.8. The highest BCUT2D eigenvalue weighted by atomic mass is 19.1. The van der Waals surface area contributed by atoms with Gasteiger partial charge in [0.25, 0.3) is 0 Å². The molecule has 0 aliphatic heterocycles. The molecular weight excluding hydrogens is 373 g/mol. The number of unbranched alkanes of at least 4 members (excludes halogenated alkanes) is 1. The molecule has 2 rings (SSSR count). The number of halogens is 1. The van der Waals surface area contributed by atoms with Crippen LogP contribution in [0, 0.1) is 17.7 Å². The monoisotopic (exact) mass is 403 g/mol. The minimum absolute atomic E-state index is 0.0354. The Morgan fingerprint density at radius 1 is 1.31 bits per heavy atom. The van der Waals surface area contributed by atoms with Crippen LogP contribution < -0.4 is 0 Å². The Hall–Kier alpha value is -2.47. The maximum absolute atomic E-state index is 13.7. The van der Waals surface area contributed by atoms with E-state index in [2.05, 4.69) is 11.2 Å². The molecule has 1 unspecified atom stereocenters. The van der Waals surface area contributed by atoms with Gasteiger partial charge < -0.3 is 15.4 Å². The molecule has 1 aliphatic carbocycles. The first-order valence-electron chi connectivity index (χ1n) is 10.2. The second-order valence-corrected chi connectivity index (χ2v) is 7.49. The zero-order valence-corrected chi connectivity index (χ0v) is 16.6. The summed E-state index contributed by atoms with van der Waals surface area (Å²) in [5.74, 6) is -0.792. The summed E-state index contributed by atoms with van der Waals surface area (Å²) in [5, 5.41) is 31.6. The molecule has 1 saturated carbocycles. The average molecular weight is 403 g/mol. The molecule has 3 N–H and O–H groups in total. The van der Waals surface area contributed by atoms with Crippen molar-refractivity contribution in [3.8, 4) is 0 Å². The van der Waals surface area contributed by atoms with Gasteiger partial charge in [0.2, 0.25) is 0 Å². The fourth-order valence-corrected chi connectivity index (χ4v) is 3.71. The highest BCUT2D eigenvalue weighted by molar-refractivity contribution is 5.90. The zero-order chi connectivity index (χ0) is 21.1. The second-order valence-electron chi connectivity index (χ2n) is 7.49. The van der Waals surface area contributed by atoms with Crippen LogP contribution in [0.15, 0.2) is 53.7 Å². The number of carboxylic acid groups (broad SMARTS) is 1. The highest BCUT2D eigenvalue weighted by Gasteiger charge is 2.30. The van der Waals surface area contributed by atoms with Gasteiger partial charge >= 0.3 is 5.97 Å². The molecule has 0 aromatic heterocycles. The number of oxime groups is 1. The van der Waals surface area contributed by atoms with E-state index >= 15 is 0 Å². The van der Waals surface area contributed by atoms with Gasteiger partial charge in [-0.25, -0.2) is 4.39 Å². The molecule has 29 heavy (non-hydrogen) atoms. The number of aliphatic hydroxyl groups is 1. The number of nitrogens with zero attached hydrogens (tertiary/aromatic N) is 1. The quantitative estimate of drug-likeness (QED) is 0.216. The molecule has 0 bridgehead atoms. The molecule has 158 valence electrons. The summed E-state index contributed by atoms with van der Waals surface area (Å²) < 4.78 is 13.7. The largest absolute Gasteiger partial charge is 0.481 e. The molecule has 0 spiro atoms. The number of aryl methyl sites for hydroxylation is 1. The van der Waals surface area contributed by atoms with Crippen molar-refractivity contribution in [2.24, 2.45) is 17.0 Å². The Balaban J connectivity index is 1.85. The Bertz CT molecular complexity index is 744. The fraction of sp³-hybridized carbons (Fsp3) is 0.478. The first kappa shape index (κ1) is 22.8. The number of benzene rings is 1. The Morgan fingerprint density at radius 3 is 2.83 bits per heavy atom. The minimum atomic E-state index is -0.781. The van der Waals surface area contributed by atoms with Crippen LogP contribution in [-0.4, -0.2) is 33.2 Å². The van der Waals surface area contributed by atoms with Crippen LogP contribution in [0.5, 0.6) is 0 Å². The fourth-order valence-electron chi connectivity index (χ4n) is 3.71. The van der Waals surface area contributed by atoms with Crippen LogP contribution in [0.25, 0.3) is 0 Å². The summed E-state index contributed by atoms with van der Waals surface area (Å²) in [6, 6.07) is 6.56. The number of rotatable bonds is 11. The minimum Gasteiger partial charge on any atom is -0.481 e. The van der Waals surface area contributed by atoms with Gasteiger partial charge in [0, 0.05) is 12.3 Å². The van der Waals surface area contributed by atoms with Crippen molar-refractivity contribution in [3.05, 3.63) is 60.0 Å². The van der Waals surface area contributed by atoms with Crippen molar-refractivity contribution >= 4 is 11.7 Å². The number of aliphatic hydroxyl groups excluding tert-OH is 1. The summed E-state index contributed by atoms with van der Waals surface area (Å²) in [6.45, 7) is 0. The van der Waals surface area contributed by atoms with Gasteiger partial charge in [0.15, 0.2) is 0 Å². The molecule has 6 heteroatoms. The standard InChI is InChI=1S/C23H30FNO4/c24-21-9-6-5-8-18(21)11-13-19(26)14-15-20-17(12-16-22(20)25-29)7-3-1-2-4-10-23(27)28/h1,3,5-6,8-9,14-15,17,19-20,26,29H,2,4,7,10-13,16H2,(H,27,28)/b3-1-,15-14+,25-22-/t17-,19-,20?/m0/s1. The van der Waals surface area contributed by atoms with Crippen molar-refractivity contribution in [1.82, 2.24) is 0 Å². The van der Waals surface area contributed by atoms with Gasteiger partial charge in [-0.2, -0.15) is 0 Å². The molecule has 0 heterocycles. The third-order valence-corrected chi connectivity index (χ3v) is 5.37. The van der Waals surface area contributed by atoms with Crippen molar-refractivity contribution in [2.45, 2.75) is 57.5 Å². The van der Waals surface area contributed by atoms with E-state index in [0.29, 0.717) is 37.0 Å². The number of hydrogen-bond acceptors (Lipinski definition) is 4. The Kier molecular flexibility index (Phi) is 9.57. The molecule has 0 radical (unpaired) electrons. The third-order valence-electron chi connectivity index (χ3n) is 5.37. The number of allylic oxidation sites excluding steroid dienone is 3. The van der Waals surface area contributed by atoms with E-state index in [-0.39, 0.29) is 24.1 Å². The Morgan fingerprint density at radius 2 is 2.10 bits per heavy atom. The second kappa shape index (κ2) is 12.2. The topological polar surface area (TPSA) is 90.1 Å². The van der Waals surface area contributed by atoms with Crippen molar-refractivity contribution in [1.29, 1.82) is 0 Å². The maximum atomic E-state index is 13.7. The molecule has 1 aromatic rings. The summed E-state index contributed by atoms with van der Waals surface area (Å²) in [4.78, 5) is 10.5. The summed E-state index contributed by atoms with van der Waals surface area (Å²) >= 11 is 0. The van der Waals surface area contributed by atoms with Gasteiger partial charge in [-0.1, -0.05) is 47.7 Å². The predicted octanol–water partition coefficient (Wildman–Crippen LogP) is 4.73. The van der Waals surface area contributed by atoms with E-state index in [1.807, 2.05) is 12.2 Å². The zero-order valence-electron chi connectivity index (χ0n) is 16.6. The molecule has 1 aromatic carbocycles. The van der Waals surface area contributed by atoms with Gasteiger partial charge in [-0.3, -0.25) is 4.79 Å². The van der Waals surface area contributed by atoms with Gasteiger partial charge in [-0.05, 0) is 62.5 Å². The molecule has 5 nitrogen and oxygen atoms in total. The lowest BCUT2D eigenvalue weighted by Gasteiger charge is -2.15. The molecule has 3 atom stereocenters. The number of carboxylic acids is 1.